The maximum Gasteiger partial charge on any atom is 0.161 e. The molecule has 0 N–H and O–H groups in total. The van der Waals surface area contributed by atoms with Gasteiger partial charge in [0.1, 0.15) is 6.29 Å². The second-order valence-electron chi connectivity index (χ2n) is 5.76. The van der Waals surface area contributed by atoms with Crippen LogP contribution in [0.3, 0.4) is 0 Å². The van der Waals surface area contributed by atoms with Crippen molar-refractivity contribution in [3.63, 3.8) is 0 Å². The van der Waals surface area contributed by atoms with Gasteiger partial charge in [-0.05, 0) is 48.6 Å². The molecule has 5 nitrogen and oxygen atoms in total. The molecule has 2 rings (SSSR count). The molecule has 1 aliphatic heterocycles. The number of hydrogen-bond donors (Lipinski definition) is 0. The first kappa shape index (κ1) is 18.0. The van der Waals surface area contributed by atoms with Crippen molar-refractivity contribution in [2.75, 3.05) is 20.8 Å². The van der Waals surface area contributed by atoms with Crippen molar-refractivity contribution in [2.45, 2.75) is 38.3 Å². The summed E-state index contributed by atoms with van der Waals surface area (Å²) in [7, 11) is 3.25. The Hall–Kier alpha value is -2.32. The molecule has 0 aromatic heterocycles. The normalized spacial score (nSPS) is 18.7. The zero-order valence-electron chi connectivity index (χ0n) is 14.5. The number of allylic oxidation sites excluding steroid dienone is 1. The highest BCUT2D eigenvalue weighted by atomic mass is 16.5. The standard InChI is InChI=1S/C19H24N2O3/c1-4-15(13-20)21-9-8-14-11-18(23-2)19(24-3)12-16(14)17(21)7-5-6-10-22/h5-6,10-12,15,17H,4,7-9H2,1-3H3/b6-5+. The SMILES string of the molecule is CCC(C#N)N1CCc2cc(OC)c(OC)cc2C1C/C=C/C=O. The van der Waals surface area contributed by atoms with Gasteiger partial charge in [0.15, 0.2) is 11.5 Å². The monoisotopic (exact) mass is 328 g/mol. The van der Waals surface area contributed by atoms with Crippen molar-refractivity contribution in [2.24, 2.45) is 0 Å². The van der Waals surface area contributed by atoms with Crippen molar-refractivity contribution in [3.05, 3.63) is 35.4 Å². The summed E-state index contributed by atoms with van der Waals surface area (Å²) in [6.07, 6.45) is 6.47. The number of benzene rings is 1. The molecule has 128 valence electrons. The van der Waals surface area contributed by atoms with E-state index in [2.05, 4.69) is 11.0 Å². The number of hydrogen-bond acceptors (Lipinski definition) is 5. The summed E-state index contributed by atoms with van der Waals surface area (Å²) in [5.74, 6) is 1.41. The minimum Gasteiger partial charge on any atom is -0.493 e. The second-order valence-corrected chi connectivity index (χ2v) is 5.76. The third kappa shape index (κ3) is 3.60. The molecule has 0 saturated heterocycles. The van der Waals surface area contributed by atoms with Crippen LogP contribution < -0.4 is 9.47 Å². The van der Waals surface area contributed by atoms with Crippen LogP contribution in [0, 0.1) is 11.3 Å². The van der Waals surface area contributed by atoms with E-state index in [0.717, 1.165) is 37.0 Å². The van der Waals surface area contributed by atoms with Crippen molar-refractivity contribution < 1.29 is 14.3 Å². The molecular weight excluding hydrogens is 304 g/mol. The lowest BCUT2D eigenvalue weighted by Crippen LogP contribution is -2.41. The van der Waals surface area contributed by atoms with E-state index in [1.54, 1.807) is 14.2 Å². The number of nitrogens with zero attached hydrogens (tertiary/aromatic N) is 2. The van der Waals surface area contributed by atoms with Gasteiger partial charge in [-0.1, -0.05) is 13.0 Å². The van der Waals surface area contributed by atoms with Gasteiger partial charge >= 0.3 is 0 Å². The Morgan fingerprint density at radius 2 is 2.08 bits per heavy atom. The maximum absolute atomic E-state index is 10.6. The van der Waals surface area contributed by atoms with E-state index in [1.165, 1.54) is 11.6 Å². The predicted molar refractivity (Wildman–Crippen MR) is 92.2 cm³/mol. The van der Waals surface area contributed by atoms with Crippen LogP contribution in [0.4, 0.5) is 0 Å². The van der Waals surface area contributed by atoms with Gasteiger partial charge in [-0.2, -0.15) is 5.26 Å². The first-order valence-corrected chi connectivity index (χ1v) is 8.20. The molecule has 1 aliphatic rings. The van der Waals surface area contributed by atoms with Crippen molar-refractivity contribution in [1.29, 1.82) is 5.26 Å². The highest BCUT2D eigenvalue weighted by Gasteiger charge is 2.32. The van der Waals surface area contributed by atoms with Gasteiger partial charge in [-0.15, -0.1) is 0 Å². The predicted octanol–water partition coefficient (Wildman–Crippen LogP) is 3.05. The second kappa shape index (κ2) is 8.51. The molecule has 0 bridgehead atoms. The lowest BCUT2D eigenvalue weighted by Gasteiger charge is -2.39. The molecule has 0 spiro atoms. The van der Waals surface area contributed by atoms with E-state index in [-0.39, 0.29) is 12.1 Å². The Morgan fingerprint density at radius 1 is 1.38 bits per heavy atom. The summed E-state index contributed by atoms with van der Waals surface area (Å²) in [5.41, 5.74) is 2.35. The summed E-state index contributed by atoms with van der Waals surface area (Å²) in [6.45, 7) is 2.84. The summed E-state index contributed by atoms with van der Waals surface area (Å²) in [6, 6.07) is 6.34. The molecular formula is C19H24N2O3. The average molecular weight is 328 g/mol. The smallest absolute Gasteiger partial charge is 0.161 e. The molecule has 1 aromatic rings. The first-order valence-electron chi connectivity index (χ1n) is 8.20. The largest absolute Gasteiger partial charge is 0.493 e. The molecule has 24 heavy (non-hydrogen) atoms. The van der Waals surface area contributed by atoms with Gasteiger partial charge in [0.2, 0.25) is 0 Å². The lowest BCUT2D eigenvalue weighted by molar-refractivity contribution is -0.104. The fourth-order valence-electron chi connectivity index (χ4n) is 3.35. The summed E-state index contributed by atoms with van der Waals surface area (Å²) < 4.78 is 10.8. The van der Waals surface area contributed by atoms with E-state index in [4.69, 9.17) is 9.47 Å². The van der Waals surface area contributed by atoms with E-state index in [9.17, 15) is 10.1 Å². The number of ether oxygens (including phenoxy) is 2. The molecule has 2 unspecified atom stereocenters. The highest BCUT2D eigenvalue weighted by Crippen LogP contribution is 2.40. The molecule has 1 heterocycles. The summed E-state index contributed by atoms with van der Waals surface area (Å²) in [5, 5.41) is 9.49. The number of fused-ring (bicyclic) bond motifs is 1. The van der Waals surface area contributed by atoms with Crippen LogP contribution in [-0.2, 0) is 11.2 Å². The Bertz CT molecular complexity index is 649. The fraction of sp³-hybridized carbons (Fsp3) is 0.474. The van der Waals surface area contributed by atoms with E-state index in [1.807, 2.05) is 25.1 Å². The molecule has 5 heteroatoms. The zero-order chi connectivity index (χ0) is 17.5. The lowest BCUT2D eigenvalue weighted by atomic mass is 9.88. The van der Waals surface area contributed by atoms with Crippen molar-refractivity contribution >= 4 is 6.29 Å². The topological polar surface area (TPSA) is 62.6 Å². The highest BCUT2D eigenvalue weighted by molar-refractivity contribution is 5.64. The summed E-state index contributed by atoms with van der Waals surface area (Å²) in [4.78, 5) is 12.8. The van der Waals surface area contributed by atoms with Gasteiger partial charge in [-0.3, -0.25) is 9.69 Å². The van der Waals surface area contributed by atoms with Crippen LogP contribution in [0.1, 0.15) is 36.9 Å². The molecule has 2 atom stereocenters. The number of carbonyl (C=O) groups is 1. The number of rotatable bonds is 7. The van der Waals surface area contributed by atoms with Crippen LogP contribution in [0.15, 0.2) is 24.3 Å². The third-order valence-corrected chi connectivity index (χ3v) is 4.55. The Labute approximate surface area is 143 Å². The first-order chi connectivity index (χ1) is 11.7. The molecule has 0 radical (unpaired) electrons. The molecule has 0 aliphatic carbocycles. The molecule has 0 fully saturated rings. The Morgan fingerprint density at radius 3 is 2.67 bits per heavy atom. The van der Waals surface area contributed by atoms with Crippen LogP contribution >= 0.6 is 0 Å². The van der Waals surface area contributed by atoms with Gasteiger partial charge in [0, 0.05) is 12.6 Å². The van der Waals surface area contributed by atoms with Crippen LogP contribution in [0.25, 0.3) is 0 Å². The molecule has 1 aromatic carbocycles. The van der Waals surface area contributed by atoms with Crippen molar-refractivity contribution in [3.8, 4) is 17.6 Å². The number of carbonyl (C=O) groups excluding carboxylic acids is 1. The van der Waals surface area contributed by atoms with Crippen LogP contribution in [0.2, 0.25) is 0 Å². The average Bonchev–Trinajstić information content (AvgIpc) is 2.62. The van der Waals surface area contributed by atoms with Crippen molar-refractivity contribution in [1.82, 2.24) is 4.90 Å². The van der Waals surface area contributed by atoms with E-state index in [0.29, 0.717) is 12.2 Å². The van der Waals surface area contributed by atoms with Gasteiger partial charge < -0.3 is 9.47 Å². The van der Waals surface area contributed by atoms with E-state index < -0.39 is 0 Å². The molecule has 0 amide bonds. The van der Waals surface area contributed by atoms with Gasteiger partial charge in [0.25, 0.3) is 0 Å². The number of aldehydes is 1. The van der Waals surface area contributed by atoms with Gasteiger partial charge in [-0.25, -0.2) is 0 Å². The summed E-state index contributed by atoms with van der Waals surface area (Å²) >= 11 is 0. The maximum atomic E-state index is 10.6. The minimum absolute atomic E-state index is 0.0503. The quantitative estimate of drug-likeness (QED) is 0.568. The van der Waals surface area contributed by atoms with Gasteiger partial charge in [0.05, 0.1) is 26.3 Å². The number of methoxy groups -OCH3 is 2. The van der Waals surface area contributed by atoms with Crippen LogP contribution in [0.5, 0.6) is 11.5 Å². The number of nitriles is 1. The Kier molecular flexibility index (Phi) is 6.39. The zero-order valence-corrected chi connectivity index (χ0v) is 14.5. The molecule has 0 saturated carbocycles. The van der Waals surface area contributed by atoms with Crippen LogP contribution in [-0.4, -0.2) is 38.0 Å². The Balaban J connectivity index is 2.47. The third-order valence-electron chi connectivity index (χ3n) is 4.55. The fourth-order valence-corrected chi connectivity index (χ4v) is 3.35. The van der Waals surface area contributed by atoms with E-state index >= 15 is 0 Å². The minimum atomic E-state index is -0.138.